The molecule has 0 aromatic heterocycles. The van der Waals surface area contributed by atoms with Gasteiger partial charge in [-0.05, 0) is 13.3 Å². The average molecular weight is 346 g/mol. The van der Waals surface area contributed by atoms with Crippen molar-refractivity contribution in [1.29, 1.82) is 0 Å². The van der Waals surface area contributed by atoms with Crippen LogP contribution in [0.2, 0.25) is 0 Å². The second kappa shape index (κ2) is 13.6. The number of methoxy groups -OCH3 is 1. The molecule has 0 aliphatic heterocycles. The van der Waals surface area contributed by atoms with E-state index in [-0.39, 0.29) is 4.11 Å². The van der Waals surface area contributed by atoms with Crippen LogP contribution in [0, 0.1) is 0 Å². The summed E-state index contributed by atoms with van der Waals surface area (Å²) in [7, 11) is 1.70. The summed E-state index contributed by atoms with van der Waals surface area (Å²) < 4.78 is 21.3. The SMILES string of the molecule is CCOCCO[C@H](I)CCOCCCOC. The Morgan fingerprint density at radius 1 is 1.00 bits per heavy atom. The fourth-order valence-electron chi connectivity index (χ4n) is 1.05. The largest absolute Gasteiger partial charge is 0.385 e. The third-order valence-electron chi connectivity index (χ3n) is 1.86. The minimum atomic E-state index is 0.209. The Morgan fingerprint density at radius 3 is 2.50 bits per heavy atom. The number of hydrogen-bond acceptors (Lipinski definition) is 4. The van der Waals surface area contributed by atoms with Crippen LogP contribution >= 0.6 is 22.6 Å². The Morgan fingerprint density at radius 2 is 1.81 bits per heavy atom. The molecule has 4 nitrogen and oxygen atoms in total. The summed E-state index contributed by atoms with van der Waals surface area (Å²) in [6.07, 6.45) is 1.87. The first-order chi connectivity index (χ1) is 7.81. The molecule has 0 aromatic carbocycles. The van der Waals surface area contributed by atoms with Gasteiger partial charge < -0.3 is 18.9 Å². The lowest BCUT2D eigenvalue weighted by Crippen LogP contribution is -2.13. The van der Waals surface area contributed by atoms with Gasteiger partial charge in [-0.3, -0.25) is 0 Å². The van der Waals surface area contributed by atoms with Gasteiger partial charge in [0, 0.05) is 40.0 Å². The maximum Gasteiger partial charge on any atom is 0.111 e. The van der Waals surface area contributed by atoms with E-state index in [4.69, 9.17) is 18.9 Å². The van der Waals surface area contributed by atoms with Gasteiger partial charge in [0.05, 0.1) is 13.2 Å². The lowest BCUT2D eigenvalue weighted by atomic mass is 10.4. The van der Waals surface area contributed by atoms with Crippen LogP contribution in [0.5, 0.6) is 0 Å². The molecular weight excluding hydrogens is 323 g/mol. The molecule has 0 radical (unpaired) electrons. The molecule has 0 N–H and O–H groups in total. The fourth-order valence-corrected chi connectivity index (χ4v) is 1.55. The smallest absolute Gasteiger partial charge is 0.111 e. The van der Waals surface area contributed by atoms with Gasteiger partial charge in [-0.15, -0.1) is 0 Å². The predicted molar refractivity (Wildman–Crippen MR) is 72.2 cm³/mol. The van der Waals surface area contributed by atoms with Crippen LogP contribution in [0.4, 0.5) is 0 Å². The molecule has 0 saturated heterocycles. The van der Waals surface area contributed by atoms with Crippen LogP contribution in [0.25, 0.3) is 0 Å². The summed E-state index contributed by atoms with van der Waals surface area (Å²) in [5.41, 5.74) is 0. The Labute approximate surface area is 112 Å². The topological polar surface area (TPSA) is 36.9 Å². The van der Waals surface area contributed by atoms with E-state index in [9.17, 15) is 0 Å². The highest BCUT2D eigenvalue weighted by atomic mass is 127. The van der Waals surface area contributed by atoms with E-state index in [2.05, 4.69) is 22.6 Å². The number of halogens is 1. The predicted octanol–water partition coefficient (Wildman–Crippen LogP) is 2.24. The lowest BCUT2D eigenvalue weighted by molar-refractivity contribution is 0.0300. The molecule has 0 heterocycles. The minimum absolute atomic E-state index is 0.209. The second-order valence-electron chi connectivity index (χ2n) is 3.23. The highest BCUT2D eigenvalue weighted by Gasteiger charge is 2.03. The van der Waals surface area contributed by atoms with Gasteiger partial charge in [-0.25, -0.2) is 0 Å². The Kier molecular flexibility index (Phi) is 14.1. The third kappa shape index (κ3) is 12.6. The molecule has 0 amide bonds. The van der Waals surface area contributed by atoms with Crippen molar-refractivity contribution in [3.8, 4) is 0 Å². The molecule has 0 rings (SSSR count). The molecule has 0 aliphatic rings. The molecular formula is C11H23IO4. The molecule has 1 atom stereocenters. The van der Waals surface area contributed by atoms with Gasteiger partial charge in [0.1, 0.15) is 4.11 Å². The molecule has 0 unspecified atom stereocenters. The molecule has 98 valence electrons. The number of hydrogen-bond donors (Lipinski definition) is 0. The zero-order valence-corrected chi connectivity index (χ0v) is 12.4. The quantitative estimate of drug-likeness (QED) is 0.309. The summed E-state index contributed by atoms with van der Waals surface area (Å²) in [5, 5.41) is 0. The van der Waals surface area contributed by atoms with E-state index in [1.54, 1.807) is 7.11 Å². The van der Waals surface area contributed by atoms with Crippen LogP contribution in [0.3, 0.4) is 0 Å². The third-order valence-corrected chi connectivity index (χ3v) is 2.84. The summed E-state index contributed by atoms with van der Waals surface area (Å²) in [6.45, 7) is 6.32. The summed E-state index contributed by atoms with van der Waals surface area (Å²) >= 11 is 2.28. The van der Waals surface area contributed by atoms with Crippen molar-refractivity contribution in [3.63, 3.8) is 0 Å². The van der Waals surface area contributed by atoms with Crippen LogP contribution < -0.4 is 0 Å². The van der Waals surface area contributed by atoms with Crippen LogP contribution in [-0.2, 0) is 18.9 Å². The second-order valence-corrected chi connectivity index (χ2v) is 4.61. The van der Waals surface area contributed by atoms with Crippen LogP contribution in [0.15, 0.2) is 0 Å². The Hall–Kier alpha value is 0.570. The average Bonchev–Trinajstić information content (AvgIpc) is 2.29. The standard InChI is InChI=1S/C11H23IO4/c1-3-14-9-10-16-11(12)5-8-15-7-4-6-13-2/h11H,3-10H2,1-2H3/t11-/m0/s1. The van der Waals surface area contributed by atoms with Crippen molar-refractivity contribution in [3.05, 3.63) is 0 Å². The molecule has 0 aromatic rings. The number of alkyl halides is 1. The first kappa shape index (κ1) is 16.6. The van der Waals surface area contributed by atoms with Gasteiger partial charge in [-0.2, -0.15) is 0 Å². The van der Waals surface area contributed by atoms with E-state index < -0.39 is 0 Å². The summed E-state index contributed by atoms with van der Waals surface area (Å²) in [4.78, 5) is 0. The first-order valence-corrected chi connectivity index (χ1v) is 6.96. The normalized spacial score (nSPS) is 12.9. The van der Waals surface area contributed by atoms with Gasteiger partial charge >= 0.3 is 0 Å². The highest BCUT2D eigenvalue weighted by molar-refractivity contribution is 14.1. The van der Waals surface area contributed by atoms with Crippen molar-refractivity contribution in [1.82, 2.24) is 0 Å². The molecule has 16 heavy (non-hydrogen) atoms. The van der Waals surface area contributed by atoms with Crippen molar-refractivity contribution >= 4 is 22.6 Å². The summed E-state index contributed by atoms with van der Waals surface area (Å²) in [5.74, 6) is 0. The summed E-state index contributed by atoms with van der Waals surface area (Å²) in [6, 6.07) is 0. The zero-order chi connectivity index (χ0) is 12.1. The van der Waals surface area contributed by atoms with Crippen molar-refractivity contribution < 1.29 is 18.9 Å². The maximum absolute atomic E-state index is 5.53. The zero-order valence-electron chi connectivity index (χ0n) is 10.2. The van der Waals surface area contributed by atoms with Crippen LogP contribution in [0.1, 0.15) is 19.8 Å². The Bertz CT molecular complexity index is 135. The van der Waals surface area contributed by atoms with E-state index in [0.717, 1.165) is 39.3 Å². The number of ether oxygens (including phenoxy) is 4. The molecule has 0 bridgehead atoms. The fraction of sp³-hybridized carbons (Fsp3) is 1.00. The molecule has 0 fully saturated rings. The van der Waals surface area contributed by atoms with Crippen molar-refractivity contribution in [2.45, 2.75) is 23.9 Å². The Balaban J connectivity index is 3.08. The maximum atomic E-state index is 5.53. The lowest BCUT2D eigenvalue weighted by Gasteiger charge is -2.11. The van der Waals surface area contributed by atoms with E-state index in [1.165, 1.54) is 0 Å². The van der Waals surface area contributed by atoms with Gasteiger partial charge in [0.25, 0.3) is 0 Å². The van der Waals surface area contributed by atoms with Gasteiger partial charge in [0.15, 0.2) is 0 Å². The highest BCUT2D eigenvalue weighted by Crippen LogP contribution is 2.07. The van der Waals surface area contributed by atoms with Gasteiger partial charge in [0.2, 0.25) is 0 Å². The number of rotatable bonds is 12. The van der Waals surface area contributed by atoms with Gasteiger partial charge in [-0.1, -0.05) is 22.6 Å². The minimum Gasteiger partial charge on any atom is -0.385 e. The van der Waals surface area contributed by atoms with Crippen molar-refractivity contribution in [2.24, 2.45) is 0 Å². The molecule has 0 aliphatic carbocycles. The monoisotopic (exact) mass is 346 g/mol. The first-order valence-electron chi connectivity index (χ1n) is 5.71. The van der Waals surface area contributed by atoms with E-state index in [1.807, 2.05) is 6.92 Å². The molecule has 0 saturated carbocycles. The van der Waals surface area contributed by atoms with Crippen molar-refractivity contribution in [2.75, 3.05) is 46.8 Å². The van der Waals surface area contributed by atoms with E-state index >= 15 is 0 Å². The van der Waals surface area contributed by atoms with E-state index in [0.29, 0.717) is 13.2 Å². The molecule has 5 heteroatoms. The molecule has 0 spiro atoms. The van der Waals surface area contributed by atoms with Crippen LogP contribution in [-0.4, -0.2) is 50.9 Å².